The number of hydrogen-bond donors (Lipinski definition) is 1. The topological polar surface area (TPSA) is 65.4 Å². The molecule has 23 heavy (non-hydrogen) atoms. The quantitative estimate of drug-likeness (QED) is 0.795. The molecular formula is C16H17N5OS. The Labute approximate surface area is 138 Å². The molecule has 0 aliphatic carbocycles. The van der Waals surface area contributed by atoms with E-state index in [1.807, 2.05) is 18.3 Å². The lowest BCUT2D eigenvalue weighted by atomic mass is 10.3. The summed E-state index contributed by atoms with van der Waals surface area (Å²) in [6.45, 7) is 4.42. The lowest BCUT2D eigenvalue weighted by molar-refractivity contribution is 0.248. The van der Waals surface area contributed by atoms with Crippen LogP contribution in [0.2, 0.25) is 0 Å². The van der Waals surface area contributed by atoms with Crippen molar-refractivity contribution >= 4 is 27.5 Å². The molecule has 3 aromatic heterocycles. The Morgan fingerprint density at radius 3 is 2.61 bits per heavy atom. The lowest BCUT2D eigenvalue weighted by Gasteiger charge is -2.35. The molecule has 1 aliphatic rings. The number of anilines is 1. The molecule has 0 bridgehead atoms. The molecule has 0 unspecified atom stereocenters. The smallest absolute Gasteiger partial charge is 0.171 e. The molecular weight excluding hydrogens is 310 g/mol. The molecule has 118 valence electrons. The summed E-state index contributed by atoms with van der Waals surface area (Å²) in [7, 11) is 0. The second kappa shape index (κ2) is 6.10. The van der Waals surface area contributed by atoms with Crippen molar-refractivity contribution in [2.24, 2.45) is 0 Å². The van der Waals surface area contributed by atoms with Crippen molar-refractivity contribution in [3.8, 4) is 5.75 Å². The molecule has 1 aliphatic heterocycles. The van der Waals surface area contributed by atoms with Crippen molar-refractivity contribution in [2.45, 2.75) is 6.54 Å². The fourth-order valence-electron chi connectivity index (χ4n) is 2.82. The van der Waals surface area contributed by atoms with Crippen molar-refractivity contribution in [3.63, 3.8) is 0 Å². The molecule has 0 amide bonds. The minimum absolute atomic E-state index is 0.248. The van der Waals surface area contributed by atoms with Crippen LogP contribution in [0.25, 0.3) is 10.3 Å². The first-order chi connectivity index (χ1) is 11.3. The number of piperazine rings is 1. The standard InChI is InChI=1S/C16H17N5OS/c22-13-4-2-5-17-15(13)21-9-7-20(8-10-21)11-14-19-12-3-1-6-18-16(12)23-14/h1-6,22H,7-11H2. The predicted molar refractivity (Wildman–Crippen MR) is 90.8 cm³/mol. The Morgan fingerprint density at radius 1 is 1.04 bits per heavy atom. The molecule has 0 radical (unpaired) electrons. The van der Waals surface area contributed by atoms with E-state index < -0.39 is 0 Å². The molecule has 0 aromatic carbocycles. The van der Waals surface area contributed by atoms with E-state index in [4.69, 9.17) is 0 Å². The van der Waals surface area contributed by atoms with Crippen molar-refractivity contribution in [2.75, 3.05) is 31.1 Å². The predicted octanol–water partition coefficient (Wildman–Crippen LogP) is 2.11. The van der Waals surface area contributed by atoms with Crippen LogP contribution in [0.4, 0.5) is 5.82 Å². The van der Waals surface area contributed by atoms with Gasteiger partial charge in [-0.25, -0.2) is 15.0 Å². The van der Waals surface area contributed by atoms with Gasteiger partial charge < -0.3 is 10.0 Å². The third-order valence-corrected chi connectivity index (χ3v) is 4.97. The van der Waals surface area contributed by atoms with Gasteiger partial charge in [-0.15, -0.1) is 0 Å². The Morgan fingerprint density at radius 2 is 1.83 bits per heavy atom. The summed E-state index contributed by atoms with van der Waals surface area (Å²) in [5.74, 6) is 0.925. The van der Waals surface area contributed by atoms with E-state index in [-0.39, 0.29) is 5.75 Å². The summed E-state index contributed by atoms with van der Waals surface area (Å²) >= 11 is 1.66. The number of aromatic nitrogens is 3. The van der Waals surface area contributed by atoms with Crippen LogP contribution in [0.3, 0.4) is 0 Å². The minimum Gasteiger partial charge on any atom is -0.504 e. The molecule has 7 heteroatoms. The number of nitrogens with zero attached hydrogens (tertiary/aromatic N) is 5. The second-order valence-electron chi connectivity index (χ2n) is 5.54. The first-order valence-corrected chi connectivity index (χ1v) is 8.43. The highest BCUT2D eigenvalue weighted by molar-refractivity contribution is 7.18. The zero-order chi connectivity index (χ0) is 15.6. The summed E-state index contributed by atoms with van der Waals surface area (Å²) < 4.78 is 0. The van der Waals surface area contributed by atoms with Crippen LogP contribution in [-0.2, 0) is 6.54 Å². The molecule has 1 saturated heterocycles. The first-order valence-electron chi connectivity index (χ1n) is 7.61. The summed E-state index contributed by atoms with van der Waals surface area (Å²) in [5, 5.41) is 11.0. The Hall–Kier alpha value is -2.25. The number of hydrogen-bond acceptors (Lipinski definition) is 7. The van der Waals surface area contributed by atoms with Crippen LogP contribution < -0.4 is 4.90 Å². The van der Waals surface area contributed by atoms with Gasteiger partial charge in [0.15, 0.2) is 11.6 Å². The van der Waals surface area contributed by atoms with Gasteiger partial charge >= 0.3 is 0 Å². The number of thiazole rings is 1. The molecule has 3 aromatic rings. The monoisotopic (exact) mass is 327 g/mol. The van der Waals surface area contributed by atoms with Gasteiger partial charge in [-0.3, -0.25) is 4.90 Å². The zero-order valence-electron chi connectivity index (χ0n) is 12.6. The Balaban J connectivity index is 1.41. The average molecular weight is 327 g/mol. The average Bonchev–Trinajstić information content (AvgIpc) is 2.98. The highest BCUT2D eigenvalue weighted by Gasteiger charge is 2.21. The third kappa shape index (κ3) is 2.97. The Bertz CT molecular complexity index is 780. The maximum Gasteiger partial charge on any atom is 0.171 e. The van der Waals surface area contributed by atoms with Crippen LogP contribution in [-0.4, -0.2) is 51.1 Å². The Kier molecular flexibility index (Phi) is 3.80. The lowest BCUT2D eigenvalue weighted by Crippen LogP contribution is -2.46. The molecule has 4 heterocycles. The molecule has 1 fully saturated rings. The fraction of sp³-hybridized carbons (Fsp3) is 0.312. The van der Waals surface area contributed by atoms with E-state index in [1.165, 1.54) is 0 Å². The number of fused-ring (bicyclic) bond motifs is 1. The van der Waals surface area contributed by atoms with Gasteiger partial charge in [-0.2, -0.15) is 0 Å². The number of rotatable bonds is 3. The van der Waals surface area contributed by atoms with Crippen molar-refractivity contribution in [3.05, 3.63) is 41.7 Å². The van der Waals surface area contributed by atoms with E-state index in [0.717, 1.165) is 48.1 Å². The highest BCUT2D eigenvalue weighted by Crippen LogP contribution is 2.25. The van der Waals surface area contributed by atoms with Gasteiger partial charge in [0.25, 0.3) is 0 Å². The third-order valence-electron chi connectivity index (χ3n) is 4.01. The summed E-state index contributed by atoms with van der Waals surface area (Å²) in [4.78, 5) is 18.8. The molecule has 6 nitrogen and oxygen atoms in total. The van der Waals surface area contributed by atoms with E-state index in [0.29, 0.717) is 5.82 Å². The molecule has 4 rings (SSSR count). The SMILES string of the molecule is Oc1cccnc1N1CCN(Cc2nc3cccnc3s2)CC1. The first kappa shape index (κ1) is 14.3. The largest absolute Gasteiger partial charge is 0.504 e. The maximum atomic E-state index is 9.91. The second-order valence-corrected chi connectivity index (χ2v) is 6.61. The van der Waals surface area contributed by atoms with Crippen LogP contribution in [0.1, 0.15) is 5.01 Å². The van der Waals surface area contributed by atoms with E-state index >= 15 is 0 Å². The van der Waals surface area contributed by atoms with Crippen molar-refractivity contribution in [1.29, 1.82) is 0 Å². The van der Waals surface area contributed by atoms with E-state index in [9.17, 15) is 5.11 Å². The minimum atomic E-state index is 0.248. The maximum absolute atomic E-state index is 9.91. The van der Waals surface area contributed by atoms with Crippen LogP contribution in [0, 0.1) is 0 Å². The van der Waals surface area contributed by atoms with E-state index in [2.05, 4.69) is 24.8 Å². The molecule has 1 N–H and O–H groups in total. The molecule has 0 saturated carbocycles. The number of aromatic hydroxyl groups is 1. The van der Waals surface area contributed by atoms with Gasteiger partial charge in [0.2, 0.25) is 0 Å². The fourth-order valence-corrected chi connectivity index (χ4v) is 3.77. The molecule has 0 atom stereocenters. The van der Waals surface area contributed by atoms with Gasteiger partial charge in [-0.05, 0) is 24.3 Å². The van der Waals surface area contributed by atoms with Crippen LogP contribution in [0.15, 0.2) is 36.7 Å². The zero-order valence-corrected chi connectivity index (χ0v) is 13.4. The van der Waals surface area contributed by atoms with Crippen molar-refractivity contribution < 1.29 is 5.11 Å². The normalized spacial score (nSPS) is 16.1. The van der Waals surface area contributed by atoms with Gasteiger partial charge in [-0.1, -0.05) is 11.3 Å². The van der Waals surface area contributed by atoms with Gasteiger partial charge in [0, 0.05) is 38.6 Å². The highest BCUT2D eigenvalue weighted by atomic mass is 32.1. The summed E-state index contributed by atoms with van der Waals surface area (Å²) in [6, 6.07) is 7.35. The van der Waals surface area contributed by atoms with Gasteiger partial charge in [0.1, 0.15) is 15.4 Å². The summed E-state index contributed by atoms with van der Waals surface area (Å²) in [5.41, 5.74) is 0.976. The van der Waals surface area contributed by atoms with Crippen molar-refractivity contribution in [1.82, 2.24) is 19.9 Å². The van der Waals surface area contributed by atoms with Gasteiger partial charge in [0.05, 0.1) is 6.54 Å². The molecule has 0 spiro atoms. The summed E-state index contributed by atoms with van der Waals surface area (Å²) in [6.07, 6.45) is 3.53. The number of pyridine rings is 2. The van der Waals surface area contributed by atoms with E-state index in [1.54, 1.807) is 29.7 Å². The van der Waals surface area contributed by atoms with Crippen LogP contribution >= 0.6 is 11.3 Å². The van der Waals surface area contributed by atoms with Crippen LogP contribution in [0.5, 0.6) is 5.75 Å².